The highest BCUT2D eigenvalue weighted by Gasteiger charge is 2.22. The number of guanidine groups is 1. The van der Waals surface area contributed by atoms with Crippen molar-refractivity contribution in [3.63, 3.8) is 0 Å². The van der Waals surface area contributed by atoms with Crippen molar-refractivity contribution in [2.24, 2.45) is 4.99 Å². The van der Waals surface area contributed by atoms with E-state index < -0.39 is 0 Å². The average Bonchev–Trinajstić information content (AvgIpc) is 3.12. The third-order valence-corrected chi connectivity index (χ3v) is 4.43. The second kappa shape index (κ2) is 11.5. The lowest BCUT2D eigenvalue weighted by Gasteiger charge is -2.15. The van der Waals surface area contributed by atoms with Gasteiger partial charge in [0.15, 0.2) is 5.96 Å². The van der Waals surface area contributed by atoms with Crippen LogP contribution in [-0.4, -0.2) is 44.7 Å². The summed E-state index contributed by atoms with van der Waals surface area (Å²) in [5.41, 5.74) is 2.44. The zero-order valence-electron chi connectivity index (χ0n) is 16.0. The van der Waals surface area contributed by atoms with Crippen LogP contribution < -0.4 is 20.7 Å². The summed E-state index contributed by atoms with van der Waals surface area (Å²) in [5, 5.41) is 9.16. The van der Waals surface area contributed by atoms with Crippen LogP contribution in [0.5, 0.6) is 5.75 Å². The minimum atomic E-state index is -0.0570. The molecule has 1 aliphatic rings. The van der Waals surface area contributed by atoms with Crippen molar-refractivity contribution in [1.29, 1.82) is 0 Å². The molecule has 1 amide bonds. The summed E-state index contributed by atoms with van der Waals surface area (Å²) in [6.45, 7) is 1.43. The van der Waals surface area contributed by atoms with Crippen molar-refractivity contribution in [2.45, 2.75) is 18.9 Å². The summed E-state index contributed by atoms with van der Waals surface area (Å²) in [6.07, 6.45) is 1.76. The van der Waals surface area contributed by atoms with Gasteiger partial charge in [0.2, 0.25) is 5.91 Å². The Morgan fingerprint density at radius 1 is 1.07 bits per heavy atom. The highest BCUT2D eigenvalue weighted by Crippen LogP contribution is 2.27. The molecule has 0 radical (unpaired) electrons. The van der Waals surface area contributed by atoms with Crippen LogP contribution in [0, 0.1) is 0 Å². The van der Waals surface area contributed by atoms with E-state index >= 15 is 0 Å². The molecule has 3 N–H and O–H groups in total. The molecule has 6 nitrogen and oxygen atoms in total. The van der Waals surface area contributed by atoms with Gasteiger partial charge in [0.05, 0.1) is 13.1 Å². The van der Waals surface area contributed by atoms with Crippen LogP contribution in [0.2, 0.25) is 0 Å². The molecule has 1 unspecified atom stereocenters. The molecule has 150 valence electrons. The van der Waals surface area contributed by atoms with Gasteiger partial charge in [0, 0.05) is 20.0 Å². The van der Waals surface area contributed by atoms with E-state index in [0.29, 0.717) is 19.0 Å². The van der Waals surface area contributed by atoms with Gasteiger partial charge in [0.1, 0.15) is 11.9 Å². The first-order valence-electron chi connectivity index (χ1n) is 9.24. The third-order valence-electron chi connectivity index (χ3n) is 4.43. The largest absolute Gasteiger partial charge is 0.488 e. The maximum atomic E-state index is 12.0. The number of aliphatic imine (C=N–C) groups is 1. The number of para-hydroxylation sites is 1. The fourth-order valence-corrected chi connectivity index (χ4v) is 3.02. The molecule has 0 spiro atoms. The number of carbonyl (C=O) groups is 1. The van der Waals surface area contributed by atoms with Crippen molar-refractivity contribution in [3.05, 3.63) is 65.7 Å². The Labute approximate surface area is 183 Å². The number of ether oxygens (including phenoxy) is 1. The molecule has 0 aromatic heterocycles. The standard InChI is InChI=1S/C21H26N4O2.HI/c1-22-21(24-14-18-13-17-9-5-6-10-19(17)27-18)25-15-20(26)23-12-11-16-7-3-2-4-8-16;/h2-10,18H,11-15H2,1H3,(H,23,26)(H2,22,24,25);1H. The molecule has 28 heavy (non-hydrogen) atoms. The van der Waals surface area contributed by atoms with Crippen molar-refractivity contribution in [3.8, 4) is 5.75 Å². The van der Waals surface area contributed by atoms with Crippen molar-refractivity contribution < 1.29 is 9.53 Å². The Hall–Kier alpha value is -2.29. The fourth-order valence-electron chi connectivity index (χ4n) is 3.02. The van der Waals surface area contributed by atoms with Gasteiger partial charge in [-0.25, -0.2) is 0 Å². The smallest absolute Gasteiger partial charge is 0.239 e. The van der Waals surface area contributed by atoms with Gasteiger partial charge in [-0.05, 0) is 23.6 Å². The summed E-state index contributed by atoms with van der Waals surface area (Å²) in [6, 6.07) is 18.2. The quantitative estimate of drug-likeness (QED) is 0.313. The molecule has 3 rings (SSSR count). The Morgan fingerprint density at radius 2 is 1.82 bits per heavy atom. The number of hydrogen-bond donors (Lipinski definition) is 3. The summed E-state index contributed by atoms with van der Waals surface area (Å²) in [7, 11) is 1.69. The zero-order valence-corrected chi connectivity index (χ0v) is 18.3. The van der Waals surface area contributed by atoms with E-state index in [2.05, 4.69) is 39.1 Å². The van der Waals surface area contributed by atoms with Gasteiger partial charge in [-0.15, -0.1) is 24.0 Å². The fraction of sp³-hybridized carbons (Fsp3) is 0.333. The van der Waals surface area contributed by atoms with Gasteiger partial charge in [-0.2, -0.15) is 0 Å². The molecule has 7 heteroatoms. The first kappa shape index (κ1) is 22.0. The molecule has 0 bridgehead atoms. The van der Waals surface area contributed by atoms with Crippen LogP contribution >= 0.6 is 24.0 Å². The molecule has 2 aromatic carbocycles. The molecule has 0 aliphatic carbocycles. The van der Waals surface area contributed by atoms with E-state index in [1.807, 2.05) is 36.4 Å². The number of nitrogens with one attached hydrogen (secondary N) is 3. The summed E-state index contributed by atoms with van der Waals surface area (Å²) in [5.74, 6) is 1.48. The van der Waals surface area contributed by atoms with Gasteiger partial charge < -0.3 is 20.7 Å². The lowest BCUT2D eigenvalue weighted by molar-refractivity contribution is -0.119. The van der Waals surface area contributed by atoms with Crippen LogP contribution in [0.3, 0.4) is 0 Å². The van der Waals surface area contributed by atoms with E-state index in [-0.39, 0.29) is 42.5 Å². The maximum Gasteiger partial charge on any atom is 0.239 e. The second-order valence-electron chi connectivity index (χ2n) is 6.44. The number of nitrogens with zero attached hydrogens (tertiary/aromatic N) is 1. The average molecular weight is 494 g/mol. The first-order valence-corrected chi connectivity index (χ1v) is 9.24. The molecular weight excluding hydrogens is 467 g/mol. The van der Waals surface area contributed by atoms with Crippen LogP contribution in [0.25, 0.3) is 0 Å². The van der Waals surface area contributed by atoms with Gasteiger partial charge in [-0.1, -0.05) is 48.5 Å². The van der Waals surface area contributed by atoms with E-state index in [9.17, 15) is 4.79 Å². The minimum Gasteiger partial charge on any atom is -0.488 e. The maximum absolute atomic E-state index is 12.0. The third kappa shape index (κ3) is 6.70. The van der Waals surface area contributed by atoms with Gasteiger partial charge in [0.25, 0.3) is 0 Å². The molecule has 0 saturated heterocycles. The van der Waals surface area contributed by atoms with Crippen LogP contribution in [0.15, 0.2) is 59.6 Å². The number of carbonyl (C=O) groups excluding carboxylic acids is 1. The normalized spacial score (nSPS) is 15.0. The Morgan fingerprint density at radius 3 is 2.57 bits per heavy atom. The van der Waals surface area contributed by atoms with E-state index in [1.165, 1.54) is 11.1 Å². The number of fused-ring (bicyclic) bond motifs is 1. The van der Waals surface area contributed by atoms with Gasteiger partial charge >= 0.3 is 0 Å². The zero-order chi connectivity index (χ0) is 18.9. The molecular formula is C21H27IN4O2. The Kier molecular flexibility index (Phi) is 9.06. The summed E-state index contributed by atoms with van der Waals surface area (Å²) >= 11 is 0. The van der Waals surface area contributed by atoms with Crippen LogP contribution in [-0.2, 0) is 17.6 Å². The highest BCUT2D eigenvalue weighted by atomic mass is 127. The summed E-state index contributed by atoms with van der Waals surface area (Å²) in [4.78, 5) is 16.1. The van der Waals surface area contributed by atoms with E-state index in [4.69, 9.17) is 4.74 Å². The molecule has 1 atom stereocenters. The first-order chi connectivity index (χ1) is 13.2. The predicted octanol–water partition coefficient (Wildman–Crippen LogP) is 2.13. The van der Waals surface area contributed by atoms with Crippen LogP contribution in [0.4, 0.5) is 0 Å². The number of amides is 1. The number of hydrogen-bond acceptors (Lipinski definition) is 3. The van der Waals surface area contributed by atoms with Gasteiger partial charge in [-0.3, -0.25) is 9.79 Å². The highest BCUT2D eigenvalue weighted by molar-refractivity contribution is 14.0. The minimum absolute atomic E-state index is 0. The topological polar surface area (TPSA) is 74.8 Å². The van der Waals surface area contributed by atoms with E-state index in [0.717, 1.165) is 18.6 Å². The molecule has 0 saturated carbocycles. The number of rotatable bonds is 7. The predicted molar refractivity (Wildman–Crippen MR) is 122 cm³/mol. The summed E-state index contributed by atoms with van der Waals surface area (Å²) < 4.78 is 5.90. The van der Waals surface area contributed by atoms with Crippen LogP contribution in [0.1, 0.15) is 11.1 Å². The number of benzene rings is 2. The lowest BCUT2D eigenvalue weighted by atomic mass is 10.1. The number of halogens is 1. The Balaban J connectivity index is 0.00000280. The Bertz CT molecular complexity index is 758. The lowest BCUT2D eigenvalue weighted by Crippen LogP contribution is -2.46. The van der Waals surface area contributed by atoms with E-state index in [1.54, 1.807) is 7.05 Å². The SMILES string of the molecule is CN=C(NCC(=O)NCCc1ccccc1)NCC1Cc2ccccc2O1.I. The molecule has 1 aliphatic heterocycles. The molecule has 0 fully saturated rings. The van der Waals surface area contributed by atoms with Crippen molar-refractivity contribution in [2.75, 3.05) is 26.7 Å². The monoisotopic (exact) mass is 494 g/mol. The molecule has 2 aromatic rings. The molecule has 1 heterocycles. The van der Waals surface area contributed by atoms with Crippen molar-refractivity contribution >= 4 is 35.8 Å². The second-order valence-corrected chi connectivity index (χ2v) is 6.44. The van der Waals surface area contributed by atoms with Crippen molar-refractivity contribution in [1.82, 2.24) is 16.0 Å².